The molecule has 0 saturated heterocycles. The molecular weight excluding hydrogens is 184 g/mol. The van der Waals surface area contributed by atoms with Crippen molar-refractivity contribution in [1.29, 1.82) is 0 Å². The first-order valence-corrected chi connectivity index (χ1v) is 4.69. The van der Waals surface area contributed by atoms with E-state index in [0.29, 0.717) is 13.0 Å². The molecule has 0 aromatic heterocycles. The molecule has 0 fully saturated rings. The summed E-state index contributed by atoms with van der Waals surface area (Å²) < 4.78 is 5.39. The van der Waals surface area contributed by atoms with Crippen molar-refractivity contribution in [2.24, 2.45) is 0 Å². The highest BCUT2D eigenvalue weighted by Crippen LogP contribution is 2.08. The Morgan fingerprint density at radius 2 is 1.86 bits per heavy atom. The number of carbonyl (C=O) groups excluding carboxylic acids is 1. The van der Waals surface area contributed by atoms with Gasteiger partial charge in [-0.3, -0.25) is 9.59 Å². The third-order valence-electron chi connectivity index (χ3n) is 1.48. The van der Waals surface area contributed by atoms with Crippen LogP contribution in [0.4, 0.5) is 0 Å². The number of carboxylic acids is 1. The van der Waals surface area contributed by atoms with Crippen LogP contribution in [-0.4, -0.2) is 29.1 Å². The minimum Gasteiger partial charge on any atom is -0.481 e. The number of ketones is 1. The van der Waals surface area contributed by atoms with Crippen LogP contribution in [0.3, 0.4) is 0 Å². The highest BCUT2D eigenvalue weighted by Gasteiger charge is 2.11. The first-order chi connectivity index (χ1) is 6.31. The molecule has 0 radical (unpaired) electrons. The molecule has 0 bridgehead atoms. The molecule has 0 spiro atoms. The Morgan fingerprint density at radius 1 is 1.29 bits per heavy atom. The lowest BCUT2D eigenvalue weighted by Crippen LogP contribution is -2.20. The summed E-state index contributed by atoms with van der Waals surface area (Å²) in [6.07, 6.45) is 0.487. The zero-order valence-corrected chi connectivity index (χ0v) is 9.00. The van der Waals surface area contributed by atoms with Crippen LogP contribution in [0.15, 0.2) is 0 Å². The van der Waals surface area contributed by atoms with Crippen molar-refractivity contribution in [2.45, 2.75) is 45.6 Å². The van der Waals surface area contributed by atoms with Gasteiger partial charge in [-0.15, -0.1) is 0 Å². The Kier molecular flexibility index (Phi) is 5.38. The number of Topliss-reactive ketones (excluding diaryl/α,β-unsaturated/α-hetero) is 1. The van der Waals surface area contributed by atoms with Crippen molar-refractivity contribution in [3.05, 3.63) is 0 Å². The quantitative estimate of drug-likeness (QED) is 0.525. The molecule has 0 aliphatic carbocycles. The van der Waals surface area contributed by atoms with Crippen molar-refractivity contribution < 1.29 is 19.4 Å². The zero-order valence-electron chi connectivity index (χ0n) is 9.00. The molecule has 1 N–H and O–H groups in total. The molecular formula is C10H18O4. The standard InChI is InChI=1S/C10H18O4/c1-10(2,3)14-6-4-5-8(11)7-9(12)13/h4-7H2,1-3H3,(H,12,13). The monoisotopic (exact) mass is 202 g/mol. The third-order valence-corrected chi connectivity index (χ3v) is 1.48. The number of hydrogen-bond acceptors (Lipinski definition) is 3. The van der Waals surface area contributed by atoms with Crippen molar-refractivity contribution in [3.8, 4) is 0 Å². The minimum atomic E-state index is -1.06. The van der Waals surface area contributed by atoms with Crippen LogP contribution < -0.4 is 0 Å². The molecule has 0 aliphatic heterocycles. The van der Waals surface area contributed by atoms with E-state index in [0.717, 1.165) is 0 Å². The molecule has 0 aromatic carbocycles. The van der Waals surface area contributed by atoms with Gasteiger partial charge < -0.3 is 9.84 Å². The topological polar surface area (TPSA) is 63.6 Å². The molecule has 0 saturated carbocycles. The van der Waals surface area contributed by atoms with Crippen LogP contribution in [0.5, 0.6) is 0 Å². The smallest absolute Gasteiger partial charge is 0.310 e. The second-order valence-electron chi connectivity index (χ2n) is 4.17. The van der Waals surface area contributed by atoms with E-state index in [1.165, 1.54) is 0 Å². The van der Waals surface area contributed by atoms with Gasteiger partial charge in [0, 0.05) is 13.0 Å². The summed E-state index contributed by atoms with van der Waals surface area (Å²) in [5.74, 6) is -1.30. The molecule has 0 rings (SSSR count). The van der Waals surface area contributed by atoms with Gasteiger partial charge in [0.25, 0.3) is 0 Å². The number of hydrogen-bond donors (Lipinski definition) is 1. The van der Waals surface area contributed by atoms with Gasteiger partial charge in [0.15, 0.2) is 0 Å². The summed E-state index contributed by atoms with van der Waals surface area (Å²) in [5, 5.41) is 8.32. The van der Waals surface area contributed by atoms with Crippen LogP contribution in [0, 0.1) is 0 Å². The Hall–Kier alpha value is -0.900. The average molecular weight is 202 g/mol. The summed E-state index contributed by atoms with van der Waals surface area (Å²) in [6, 6.07) is 0. The van der Waals surface area contributed by atoms with E-state index >= 15 is 0 Å². The fourth-order valence-corrected chi connectivity index (χ4v) is 0.905. The lowest BCUT2D eigenvalue weighted by molar-refractivity contribution is -0.140. The fourth-order valence-electron chi connectivity index (χ4n) is 0.905. The van der Waals surface area contributed by atoms with E-state index in [2.05, 4.69) is 0 Å². The fraction of sp³-hybridized carbons (Fsp3) is 0.800. The third kappa shape index (κ3) is 9.19. The van der Waals surface area contributed by atoms with E-state index in [-0.39, 0.29) is 24.2 Å². The van der Waals surface area contributed by atoms with Crippen LogP contribution in [0.1, 0.15) is 40.0 Å². The first-order valence-electron chi connectivity index (χ1n) is 4.69. The van der Waals surface area contributed by atoms with Crippen molar-refractivity contribution in [3.63, 3.8) is 0 Å². The van der Waals surface area contributed by atoms with Crippen LogP contribution in [0.2, 0.25) is 0 Å². The number of ether oxygens (including phenoxy) is 1. The van der Waals surface area contributed by atoms with E-state index in [1.807, 2.05) is 20.8 Å². The normalized spacial score (nSPS) is 11.4. The summed E-state index contributed by atoms with van der Waals surface area (Å²) in [7, 11) is 0. The number of aliphatic carboxylic acids is 1. The maximum atomic E-state index is 10.9. The molecule has 0 aromatic rings. The first kappa shape index (κ1) is 13.1. The van der Waals surface area contributed by atoms with Gasteiger partial charge in [-0.05, 0) is 27.2 Å². The Labute approximate surface area is 84.3 Å². The molecule has 0 unspecified atom stereocenters. The molecule has 4 nitrogen and oxygen atoms in total. The van der Waals surface area contributed by atoms with Gasteiger partial charge in [0.1, 0.15) is 12.2 Å². The van der Waals surface area contributed by atoms with Crippen molar-refractivity contribution in [1.82, 2.24) is 0 Å². The van der Waals surface area contributed by atoms with Crippen LogP contribution in [0.25, 0.3) is 0 Å². The zero-order chi connectivity index (χ0) is 11.2. The maximum absolute atomic E-state index is 10.9. The minimum absolute atomic E-state index is 0.199. The predicted molar refractivity (Wildman–Crippen MR) is 52.2 cm³/mol. The van der Waals surface area contributed by atoms with Crippen molar-refractivity contribution in [2.75, 3.05) is 6.61 Å². The van der Waals surface area contributed by atoms with E-state index in [1.54, 1.807) is 0 Å². The van der Waals surface area contributed by atoms with Crippen molar-refractivity contribution >= 4 is 11.8 Å². The molecule has 0 aliphatic rings. The lowest BCUT2D eigenvalue weighted by Gasteiger charge is -2.19. The summed E-state index contributed by atoms with van der Waals surface area (Å²) in [6.45, 7) is 6.30. The number of carbonyl (C=O) groups is 2. The van der Waals surface area contributed by atoms with Gasteiger partial charge in [0.05, 0.1) is 5.60 Å². The van der Waals surface area contributed by atoms with E-state index in [9.17, 15) is 9.59 Å². The SMILES string of the molecule is CC(C)(C)OCCCC(=O)CC(=O)O. The average Bonchev–Trinajstić information content (AvgIpc) is 1.95. The largest absolute Gasteiger partial charge is 0.481 e. The maximum Gasteiger partial charge on any atom is 0.310 e. The Bertz CT molecular complexity index is 203. The highest BCUT2D eigenvalue weighted by molar-refractivity contribution is 5.94. The Balaban J connectivity index is 3.46. The predicted octanol–water partition coefficient (Wildman–Crippen LogP) is 1.63. The summed E-state index contributed by atoms with van der Waals surface area (Å²) >= 11 is 0. The van der Waals surface area contributed by atoms with Crippen LogP contribution >= 0.6 is 0 Å². The van der Waals surface area contributed by atoms with E-state index in [4.69, 9.17) is 9.84 Å². The van der Waals surface area contributed by atoms with Gasteiger partial charge in [-0.25, -0.2) is 0 Å². The summed E-state index contributed by atoms with van der Waals surface area (Å²) in [4.78, 5) is 21.1. The van der Waals surface area contributed by atoms with Gasteiger partial charge in [-0.1, -0.05) is 0 Å². The molecule has 0 amide bonds. The van der Waals surface area contributed by atoms with E-state index < -0.39 is 5.97 Å². The molecule has 14 heavy (non-hydrogen) atoms. The van der Waals surface area contributed by atoms with Gasteiger partial charge >= 0.3 is 5.97 Å². The highest BCUT2D eigenvalue weighted by atomic mass is 16.5. The number of rotatable bonds is 6. The second kappa shape index (κ2) is 5.75. The lowest BCUT2D eigenvalue weighted by atomic mass is 10.1. The number of carboxylic acid groups (broad SMARTS) is 1. The molecule has 4 heteroatoms. The second-order valence-corrected chi connectivity index (χ2v) is 4.17. The van der Waals surface area contributed by atoms with Gasteiger partial charge in [0.2, 0.25) is 0 Å². The van der Waals surface area contributed by atoms with Gasteiger partial charge in [-0.2, -0.15) is 0 Å². The summed E-state index contributed by atoms with van der Waals surface area (Å²) in [5.41, 5.74) is -0.199. The molecule has 0 atom stereocenters. The van der Waals surface area contributed by atoms with Crippen LogP contribution in [-0.2, 0) is 14.3 Å². The molecule has 0 heterocycles. The Morgan fingerprint density at radius 3 is 2.29 bits per heavy atom. The molecule has 82 valence electrons.